The van der Waals surface area contributed by atoms with Crippen LogP contribution in [-0.4, -0.2) is 44.8 Å². The molecule has 13 nitrogen and oxygen atoms in total. The Morgan fingerprint density at radius 2 is 0.953 bits per heavy atom. The summed E-state index contributed by atoms with van der Waals surface area (Å²) in [7, 11) is 0. The molecule has 0 N–H and O–H groups in total. The lowest BCUT2D eigenvalue weighted by molar-refractivity contribution is -0.120. The first-order chi connectivity index (χ1) is 31.6. The molecule has 6 aromatic heterocycles. The summed E-state index contributed by atoms with van der Waals surface area (Å²) in [5.74, 6) is 1.46. The Labute approximate surface area is 366 Å². The van der Waals surface area contributed by atoms with Gasteiger partial charge in [-0.05, 0) is 82.9 Å². The largest absolute Gasteiger partial charge is 0.465 e. The maximum atomic E-state index is 15.0. The molecule has 2 atom stereocenters. The fourth-order valence-corrected chi connectivity index (χ4v) is 7.46. The van der Waals surface area contributed by atoms with Crippen LogP contribution < -0.4 is 9.47 Å². The maximum absolute atomic E-state index is 15.0. The molecule has 4 aromatic carbocycles. The number of ketones is 1. The highest BCUT2D eigenvalue weighted by atomic mass is 16.5. The number of hydrogen-bond acceptors (Lipinski definition) is 11. The number of furan rings is 2. The molecule has 6 heterocycles. The molecule has 0 amide bonds. The van der Waals surface area contributed by atoms with Crippen LogP contribution in [0.4, 0.5) is 0 Å². The van der Waals surface area contributed by atoms with Gasteiger partial charge in [0.1, 0.15) is 35.7 Å². The summed E-state index contributed by atoms with van der Waals surface area (Å²) in [5.41, 5.74) is 6.13. The first-order valence-electron chi connectivity index (χ1n) is 20.5. The minimum Gasteiger partial charge on any atom is -0.465 e. The van der Waals surface area contributed by atoms with Crippen molar-refractivity contribution in [3.63, 3.8) is 0 Å². The maximum Gasteiger partial charge on any atom is 0.250 e. The van der Waals surface area contributed by atoms with E-state index in [1.807, 2.05) is 131 Å². The van der Waals surface area contributed by atoms with Gasteiger partial charge in [0.15, 0.2) is 28.1 Å². The highest BCUT2D eigenvalue weighted by molar-refractivity contribution is 5.96. The van der Waals surface area contributed by atoms with Crippen LogP contribution in [0.3, 0.4) is 0 Å². The second kappa shape index (κ2) is 18.1. The quantitative estimate of drug-likeness (QED) is 0.0915. The zero-order chi connectivity index (χ0) is 43.1. The van der Waals surface area contributed by atoms with E-state index in [2.05, 4.69) is 54.2 Å². The minimum absolute atomic E-state index is 0.0871. The van der Waals surface area contributed by atoms with Gasteiger partial charge in [-0.3, -0.25) is 4.79 Å². The third-order valence-corrected chi connectivity index (χ3v) is 10.6. The molecule has 2 unspecified atom stereocenters. The van der Waals surface area contributed by atoms with E-state index in [4.69, 9.17) is 18.3 Å². The number of Topliss-reactive ketones (excluding diaryl/α,β-unsaturated/α-hetero) is 1. The first-order valence-corrected chi connectivity index (χ1v) is 20.5. The van der Waals surface area contributed by atoms with Gasteiger partial charge in [-0.25, -0.2) is 19.9 Å². The predicted octanol–water partition coefficient (Wildman–Crippen LogP) is 10.7. The second-order valence-corrected chi connectivity index (χ2v) is 14.9. The van der Waals surface area contributed by atoms with Crippen LogP contribution in [0, 0.1) is 0 Å². The summed E-state index contributed by atoms with van der Waals surface area (Å²) in [4.78, 5) is 41.9. The molecule has 0 fully saturated rings. The molecule has 64 heavy (non-hydrogen) atoms. The van der Waals surface area contributed by atoms with E-state index in [1.54, 1.807) is 37.3 Å². The van der Waals surface area contributed by atoms with Crippen LogP contribution in [0.5, 0.6) is 23.3 Å². The fourth-order valence-electron chi connectivity index (χ4n) is 7.46. The number of ether oxygens (including phenoxy) is 2. The number of benzene rings is 4. The van der Waals surface area contributed by atoms with Gasteiger partial charge in [0.2, 0.25) is 0 Å². The van der Waals surface area contributed by atoms with Gasteiger partial charge < -0.3 is 27.4 Å². The minimum atomic E-state index is -0.693. The Balaban J connectivity index is 0.919. The van der Waals surface area contributed by atoms with Crippen molar-refractivity contribution < 1.29 is 23.1 Å². The molecule has 0 saturated carbocycles. The van der Waals surface area contributed by atoms with Gasteiger partial charge in [-0.2, -0.15) is 9.97 Å². The van der Waals surface area contributed by atoms with E-state index in [9.17, 15) is 4.79 Å². The highest BCUT2D eigenvalue weighted by Gasteiger charge is 2.27. The summed E-state index contributed by atoms with van der Waals surface area (Å²) < 4.78 is 27.7. The number of fused-ring (bicyclic) bond motifs is 2. The Bertz CT molecular complexity index is 2960. The molecule has 0 spiro atoms. The van der Waals surface area contributed by atoms with Crippen molar-refractivity contribution in [2.75, 3.05) is 0 Å². The molecule has 312 valence electrons. The number of nitrogens with zero attached hydrogens (tertiary/aromatic N) is 8. The second-order valence-electron chi connectivity index (χ2n) is 14.9. The summed E-state index contributed by atoms with van der Waals surface area (Å²) in [6.07, 6.45) is 16.9. The lowest BCUT2D eigenvalue weighted by atomic mass is 9.83. The molecule has 0 aliphatic rings. The number of hydrogen-bond donors (Lipinski definition) is 0. The predicted molar refractivity (Wildman–Crippen MR) is 241 cm³/mol. The van der Waals surface area contributed by atoms with Crippen LogP contribution in [0.1, 0.15) is 45.6 Å². The number of carbonyl (C=O) groups excluding carboxylic acids is 1. The van der Waals surface area contributed by atoms with Gasteiger partial charge in [0, 0.05) is 0 Å². The van der Waals surface area contributed by atoms with Crippen LogP contribution in [-0.2, 0) is 17.9 Å². The van der Waals surface area contributed by atoms with E-state index in [0.717, 1.165) is 22.3 Å². The number of carbonyl (C=O) groups is 1. The molecule has 0 aliphatic heterocycles. The average Bonchev–Trinajstić information content (AvgIpc) is 4.19. The number of imidazole rings is 2. The lowest BCUT2D eigenvalue weighted by Crippen LogP contribution is -2.18. The van der Waals surface area contributed by atoms with Crippen molar-refractivity contribution in [1.29, 1.82) is 0 Å². The molecule has 0 aliphatic carbocycles. The summed E-state index contributed by atoms with van der Waals surface area (Å²) >= 11 is 0. The van der Waals surface area contributed by atoms with E-state index < -0.39 is 11.8 Å². The van der Waals surface area contributed by atoms with E-state index in [0.29, 0.717) is 70.2 Å². The van der Waals surface area contributed by atoms with E-state index >= 15 is 0 Å². The van der Waals surface area contributed by atoms with Crippen LogP contribution >= 0.6 is 0 Å². The topological polar surface area (TPSA) is 149 Å². The Morgan fingerprint density at radius 3 is 1.36 bits per heavy atom. The molecular formula is C51H38N8O5. The third-order valence-electron chi connectivity index (χ3n) is 10.6. The van der Waals surface area contributed by atoms with Gasteiger partial charge in [-0.1, -0.05) is 97.1 Å². The molecule has 10 aromatic rings. The van der Waals surface area contributed by atoms with Crippen LogP contribution in [0.15, 0.2) is 192 Å². The van der Waals surface area contributed by atoms with Crippen molar-refractivity contribution in [2.45, 2.75) is 24.9 Å². The molecular weight excluding hydrogens is 805 g/mol. The SMILES string of the molecule is O=C(C(/C=C/c1ccco1)c1ccc(Oc2ncnc3c2ncn3Cc2ccccc2)cc1)C(/C=C/c1ccco1)c1ccc(Oc2ncnc3c2ncn3Cc2ccccc2)cc1. The van der Waals surface area contributed by atoms with Crippen molar-refractivity contribution in [3.8, 4) is 23.3 Å². The monoisotopic (exact) mass is 842 g/mol. The van der Waals surface area contributed by atoms with Gasteiger partial charge >= 0.3 is 0 Å². The van der Waals surface area contributed by atoms with Crippen molar-refractivity contribution in [2.24, 2.45) is 0 Å². The zero-order valence-corrected chi connectivity index (χ0v) is 34.2. The Kier molecular flexibility index (Phi) is 11.2. The van der Waals surface area contributed by atoms with Gasteiger partial charge in [0.25, 0.3) is 11.8 Å². The van der Waals surface area contributed by atoms with Gasteiger partial charge in [0.05, 0.1) is 50.1 Å². The summed E-state index contributed by atoms with van der Waals surface area (Å²) in [5, 5.41) is 0. The summed E-state index contributed by atoms with van der Waals surface area (Å²) in [6.45, 7) is 1.21. The Morgan fingerprint density at radius 1 is 0.516 bits per heavy atom. The van der Waals surface area contributed by atoms with Crippen molar-refractivity contribution >= 4 is 40.3 Å². The summed E-state index contributed by atoms with van der Waals surface area (Å²) in [6, 6.07) is 42.3. The number of rotatable bonds is 16. The zero-order valence-electron chi connectivity index (χ0n) is 34.2. The highest BCUT2D eigenvalue weighted by Crippen LogP contribution is 2.34. The molecule has 0 saturated heterocycles. The lowest BCUT2D eigenvalue weighted by Gasteiger charge is -2.20. The standard InChI is InChI=1S/C51H38N8O5/c60-47(43(25-23-39-13-7-27-61-39)37-15-19-41(20-16-37)63-50-45-48(52-31-54-50)58(33-56-45)29-35-9-3-1-4-10-35)44(26-24-40-14-8-28-62-40)38-17-21-42(22-18-38)64-51-46-49(53-32-55-51)59(34-57-46)30-36-11-5-2-6-12-36/h1-28,31-34,43-44H,29-30H2/b25-23+,26-24+. The van der Waals surface area contributed by atoms with E-state index in [1.165, 1.54) is 12.7 Å². The molecule has 10 rings (SSSR count). The average molecular weight is 843 g/mol. The normalized spacial score (nSPS) is 12.6. The molecule has 0 radical (unpaired) electrons. The smallest absolute Gasteiger partial charge is 0.250 e. The van der Waals surface area contributed by atoms with E-state index in [-0.39, 0.29) is 5.78 Å². The van der Waals surface area contributed by atoms with Crippen molar-refractivity contribution in [1.82, 2.24) is 39.0 Å². The number of allylic oxidation sites excluding steroid dienone is 2. The van der Waals surface area contributed by atoms with Gasteiger partial charge in [-0.15, -0.1) is 0 Å². The first kappa shape index (κ1) is 39.4. The molecule has 13 heteroatoms. The van der Waals surface area contributed by atoms with Crippen molar-refractivity contribution in [3.05, 3.63) is 217 Å². The third kappa shape index (κ3) is 8.72. The number of aromatic nitrogens is 8. The Hall–Kier alpha value is -8.71. The fraction of sp³-hybridized carbons (Fsp3) is 0.0784. The van der Waals surface area contributed by atoms with Crippen LogP contribution in [0.25, 0.3) is 34.5 Å². The van der Waals surface area contributed by atoms with Crippen LogP contribution in [0.2, 0.25) is 0 Å². The molecule has 0 bridgehead atoms.